The second-order valence-electron chi connectivity index (χ2n) is 7.21. The minimum Gasteiger partial charge on any atom is -0.319 e. The van der Waals surface area contributed by atoms with Crippen molar-refractivity contribution >= 4 is 45.5 Å². The fraction of sp³-hybridized carbons (Fsp3) is 0.273. The first kappa shape index (κ1) is 22.5. The summed E-state index contributed by atoms with van der Waals surface area (Å²) < 4.78 is 0.845. The molecule has 2 aromatic carbocycles. The highest BCUT2D eigenvalue weighted by Crippen LogP contribution is 2.34. The number of nitrogens with one attached hydrogen (secondary N) is 3. The summed E-state index contributed by atoms with van der Waals surface area (Å²) in [4.78, 5) is 51.1. The Morgan fingerprint density at radius 1 is 1.06 bits per heavy atom. The molecule has 1 atom stereocenters. The van der Waals surface area contributed by atoms with Crippen LogP contribution in [0.3, 0.4) is 0 Å². The van der Waals surface area contributed by atoms with Gasteiger partial charge in [-0.15, -0.1) is 0 Å². The number of nitrogens with zero attached hydrogens (tertiary/aromatic N) is 1. The number of amides is 6. The first-order valence-corrected chi connectivity index (χ1v) is 10.7. The van der Waals surface area contributed by atoms with Gasteiger partial charge in [-0.1, -0.05) is 66.0 Å². The molecule has 8 nitrogen and oxygen atoms in total. The number of hydrogen-bond acceptors (Lipinski definition) is 4. The van der Waals surface area contributed by atoms with E-state index in [1.54, 1.807) is 48.5 Å². The molecule has 0 saturated carbocycles. The van der Waals surface area contributed by atoms with Crippen molar-refractivity contribution in [2.45, 2.75) is 31.7 Å². The topological polar surface area (TPSA) is 108 Å². The lowest BCUT2D eigenvalue weighted by molar-refractivity contribution is -0.135. The van der Waals surface area contributed by atoms with Gasteiger partial charge in [0.2, 0.25) is 5.91 Å². The Bertz CT molecular complexity index is 981. The summed E-state index contributed by atoms with van der Waals surface area (Å²) in [5.41, 5.74) is -0.0576. The van der Waals surface area contributed by atoms with Crippen molar-refractivity contribution in [3.63, 3.8) is 0 Å². The molecule has 1 unspecified atom stereocenters. The van der Waals surface area contributed by atoms with Gasteiger partial charge in [-0.25, -0.2) is 9.59 Å². The second-order valence-corrected chi connectivity index (χ2v) is 8.12. The average Bonchev–Trinajstić information content (AvgIpc) is 2.99. The maximum absolute atomic E-state index is 13.2. The quantitative estimate of drug-likeness (QED) is 0.518. The van der Waals surface area contributed by atoms with Gasteiger partial charge in [0.25, 0.3) is 5.91 Å². The van der Waals surface area contributed by atoms with Crippen LogP contribution in [0.1, 0.15) is 31.7 Å². The monoisotopic (exact) mass is 486 g/mol. The largest absolute Gasteiger partial charge is 0.325 e. The highest BCUT2D eigenvalue weighted by molar-refractivity contribution is 9.10. The van der Waals surface area contributed by atoms with Gasteiger partial charge in [0.15, 0.2) is 0 Å². The molecule has 3 N–H and O–H groups in total. The van der Waals surface area contributed by atoms with E-state index in [-0.39, 0.29) is 0 Å². The standard InChI is InChI=1S/C22H23BrN4O4/c1-2-3-13-22(15-7-5-4-6-8-15)19(29)27(21(31)26-22)14-18(28)25-20(30)24-17-11-9-16(23)10-12-17/h4-12H,2-3,13-14H2,1H3,(H,26,31)(H2,24,25,28,30). The van der Waals surface area contributed by atoms with Gasteiger partial charge in [-0.2, -0.15) is 0 Å². The molecule has 0 spiro atoms. The minimum absolute atomic E-state index is 0.417. The van der Waals surface area contributed by atoms with Crippen LogP contribution in [-0.4, -0.2) is 35.3 Å². The van der Waals surface area contributed by atoms with Crippen molar-refractivity contribution in [3.8, 4) is 0 Å². The lowest BCUT2D eigenvalue weighted by atomic mass is 9.85. The Balaban J connectivity index is 1.68. The van der Waals surface area contributed by atoms with Crippen LogP contribution < -0.4 is 16.0 Å². The van der Waals surface area contributed by atoms with E-state index in [9.17, 15) is 19.2 Å². The van der Waals surface area contributed by atoms with E-state index >= 15 is 0 Å². The van der Waals surface area contributed by atoms with Gasteiger partial charge >= 0.3 is 12.1 Å². The summed E-state index contributed by atoms with van der Waals surface area (Å²) in [6, 6.07) is 14.4. The Hall–Kier alpha value is -3.20. The smallest absolute Gasteiger partial charge is 0.319 e. The van der Waals surface area contributed by atoms with Crippen LogP contribution in [0.5, 0.6) is 0 Å². The lowest BCUT2D eigenvalue weighted by Gasteiger charge is -2.27. The van der Waals surface area contributed by atoms with E-state index in [0.29, 0.717) is 17.7 Å². The molecule has 0 bridgehead atoms. The maximum atomic E-state index is 13.2. The molecule has 162 valence electrons. The Morgan fingerprint density at radius 2 is 1.74 bits per heavy atom. The zero-order chi connectivity index (χ0) is 22.4. The molecular formula is C22H23BrN4O4. The fourth-order valence-electron chi connectivity index (χ4n) is 3.45. The zero-order valence-corrected chi connectivity index (χ0v) is 18.6. The number of anilines is 1. The molecule has 31 heavy (non-hydrogen) atoms. The van der Waals surface area contributed by atoms with E-state index in [4.69, 9.17) is 0 Å². The molecule has 0 radical (unpaired) electrons. The van der Waals surface area contributed by atoms with Crippen LogP contribution in [0.4, 0.5) is 15.3 Å². The van der Waals surface area contributed by atoms with Crippen LogP contribution in [0.15, 0.2) is 59.1 Å². The normalized spacial score (nSPS) is 17.9. The molecule has 2 aromatic rings. The minimum atomic E-state index is -1.21. The fourth-order valence-corrected chi connectivity index (χ4v) is 3.71. The molecular weight excluding hydrogens is 464 g/mol. The van der Waals surface area contributed by atoms with E-state index in [1.807, 2.05) is 13.0 Å². The number of imide groups is 2. The number of carbonyl (C=O) groups excluding carboxylic acids is 4. The molecule has 1 fully saturated rings. The number of urea groups is 2. The van der Waals surface area contributed by atoms with Gasteiger partial charge in [0, 0.05) is 10.2 Å². The van der Waals surface area contributed by atoms with E-state index < -0.39 is 36.0 Å². The Labute approximate surface area is 188 Å². The third-order valence-corrected chi connectivity index (χ3v) is 5.53. The van der Waals surface area contributed by atoms with Crippen LogP contribution in [0.2, 0.25) is 0 Å². The van der Waals surface area contributed by atoms with Gasteiger partial charge in [-0.3, -0.25) is 19.8 Å². The van der Waals surface area contributed by atoms with Crippen LogP contribution >= 0.6 is 15.9 Å². The molecule has 6 amide bonds. The van der Waals surface area contributed by atoms with Crippen molar-refractivity contribution in [3.05, 3.63) is 64.6 Å². The highest BCUT2D eigenvalue weighted by atomic mass is 79.9. The summed E-state index contributed by atoms with van der Waals surface area (Å²) in [5, 5.41) is 7.44. The number of unbranched alkanes of at least 4 members (excludes halogenated alkanes) is 1. The van der Waals surface area contributed by atoms with E-state index in [1.165, 1.54) is 0 Å². The first-order valence-electron chi connectivity index (χ1n) is 9.92. The summed E-state index contributed by atoms with van der Waals surface area (Å²) in [7, 11) is 0. The molecule has 0 aliphatic carbocycles. The average molecular weight is 487 g/mol. The van der Waals surface area contributed by atoms with Gasteiger partial charge < -0.3 is 10.6 Å². The molecule has 3 rings (SSSR count). The lowest BCUT2D eigenvalue weighted by Crippen LogP contribution is -2.46. The van der Waals surface area contributed by atoms with Gasteiger partial charge in [-0.05, 0) is 36.2 Å². The summed E-state index contributed by atoms with van der Waals surface area (Å²) in [6.07, 6.45) is 1.98. The molecule has 1 heterocycles. The summed E-state index contributed by atoms with van der Waals surface area (Å²) >= 11 is 3.30. The molecule has 9 heteroatoms. The van der Waals surface area contributed by atoms with E-state index in [0.717, 1.165) is 22.2 Å². The zero-order valence-electron chi connectivity index (χ0n) is 17.0. The van der Waals surface area contributed by atoms with Crippen LogP contribution in [0, 0.1) is 0 Å². The third-order valence-electron chi connectivity index (χ3n) is 5.00. The van der Waals surface area contributed by atoms with Gasteiger partial charge in [0.05, 0.1) is 0 Å². The van der Waals surface area contributed by atoms with Crippen molar-refractivity contribution in [1.82, 2.24) is 15.5 Å². The van der Waals surface area contributed by atoms with Crippen molar-refractivity contribution < 1.29 is 19.2 Å². The third kappa shape index (κ3) is 5.11. The van der Waals surface area contributed by atoms with Crippen molar-refractivity contribution in [1.29, 1.82) is 0 Å². The Kier molecular flexibility index (Phi) is 7.06. The highest BCUT2D eigenvalue weighted by Gasteiger charge is 2.52. The number of hydrogen-bond donors (Lipinski definition) is 3. The van der Waals surface area contributed by atoms with Crippen molar-refractivity contribution in [2.24, 2.45) is 0 Å². The van der Waals surface area contributed by atoms with E-state index in [2.05, 4.69) is 31.9 Å². The Morgan fingerprint density at radius 3 is 2.39 bits per heavy atom. The molecule has 1 aliphatic rings. The summed E-state index contributed by atoms with van der Waals surface area (Å²) in [6.45, 7) is 1.44. The first-order chi connectivity index (χ1) is 14.9. The van der Waals surface area contributed by atoms with Crippen LogP contribution in [-0.2, 0) is 15.1 Å². The molecule has 1 saturated heterocycles. The second kappa shape index (κ2) is 9.74. The van der Waals surface area contributed by atoms with Gasteiger partial charge in [0.1, 0.15) is 12.1 Å². The number of rotatable bonds is 7. The number of carbonyl (C=O) groups is 4. The van der Waals surface area contributed by atoms with Crippen molar-refractivity contribution in [2.75, 3.05) is 11.9 Å². The summed E-state index contributed by atoms with van der Waals surface area (Å²) in [5.74, 6) is -1.27. The maximum Gasteiger partial charge on any atom is 0.325 e. The predicted octanol–water partition coefficient (Wildman–Crippen LogP) is 3.73. The van der Waals surface area contributed by atoms with Crippen LogP contribution in [0.25, 0.3) is 0 Å². The molecule has 0 aromatic heterocycles. The number of halogens is 1. The molecule has 1 aliphatic heterocycles. The predicted molar refractivity (Wildman–Crippen MR) is 119 cm³/mol. The number of benzene rings is 2. The SMILES string of the molecule is CCCCC1(c2ccccc2)NC(=O)N(CC(=O)NC(=O)Nc2ccc(Br)cc2)C1=O.